The maximum Gasteiger partial charge on any atom is 0.171 e. The summed E-state index contributed by atoms with van der Waals surface area (Å²) in [4.78, 5) is 27.4. The van der Waals surface area contributed by atoms with Crippen LogP contribution in [0, 0.1) is 11.3 Å². The lowest BCUT2D eigenvalue weighted by molar-refractivity contribution is 0.0860. The van der Waals surface area contributed by atoms with E-state index in [1.165, 1.54) is 0 Å². The third kappa shape index (κ3) is 3.40. The Hall–Kier alpha value is -2.73. The maximum absolute atomic E-state index is 12.8. The lowest BCUT2D eigenvalue weighted by Crippen LogP contribution is -2.20. The van der Waals surface area contributed by atoms with Gasteiger partial charge >= 0.3 is 0 Å². The first-order chi connectivity index (χ1) is 13.4. The molecule has 2 aromatic heterocycles. The van der Waals surface area contributed by atoms with E-state index in [0.29, 0.717) is 22.6 Å². The van der Waals surface area contributed by atoms with E-state index in [2.05, 4.69) is 27.0 Å². The van der Waals surface area contributed by atoms with Crippen LogP contribution >= 0.6 is 0 Å². The highest BCUT2D eigenvalue weighted by Crippen LogP contribution is 2.30. The number of anilines is 1. The maximum atomic E-state index is 12.8. The highest BCUT2D eigenvalue weighted by molar-refractivity contribution is 6.08. The Morgan fingerprint density at radius 1 is 1.36 bits per heavy atom. The van der Waals surface area contributed by atoms with Crippen LogP contribution < -0.4 is 4.90 Å². The smallest absolute Gasteiger partial charge is 0.171 e. The molecule has 0 spiro atoms. The Morgan fingerprint density at radius 3 is 2.89 bits per heavy atom. The number of aliphatic hydroxyl groups is 1. The van der Waals surface area contributed by atoms with Gasteiger partial charge in [0.05, 0.1) is 17.5 Å². The van der Waals surface area contributed by atoms with Crippen LogP contribution in [0.3, 0.4) is 0 Å². The molecule has 0 saturated carbocycles. The zero-order chi connectivity index (χ0) is 19.9. The number of benzene rings is 1. The molecule has 28 heavy (non-hydrogen) atoms. The first-order valence-corrected chi connectivity index (χ1v) is 9.72. The molecular weight excluding hydrogens is 352 g/mol. The Balaban J connectivity index is 1.70. The lowest BCUT2D eigenvalue weighted by atomic mass is 9.87. The van der Waals surface area contributed by atoms with Gasteiger partial charge in [0.2, 0.25) is 0 Å². The lowest BCUT2D eigenvalue weighted by Gasteiger charge is -2.19. The summed E-state index contributed by atoms with van der Waals surface area (Å²) in [5, 5.41) is 9.40. The standard InChI is InChI=1S/C22H26N4O2/c1-22(2,3)20(28)17-10-23-21-19(17)25-18(11-24-21)15-5-4-6-16(9-15)26-8-7-14(12-26)13-27/h4-6,9-11,14,27H,7-8,12-13H2,1-3H3,(H,23,24). The first-order valence-electron chi connectivity index (χ1n) is 9.72. The Bertz CT molecular complexity index is 1020. The van der Waals surface area contributed by atoms with Gasteiger partial charge < -0.3 is 15.0 Å². The van der Waals surface area contributed by atoms with E-state index >= 15 is 0 Å². The summed E-state index contributed by atoms with van der Waals surface area (Å²) in [6.07, 6.45) is 4.45. The van der Waals surface area contributed by atoms with Gasteiger partial charge in [-0.15, -0.1) is 0 Å². The number of Topliss-reactive ketones (excluding diaryl/α,β-unsaturated/α-hetero) is 1. The Morgan fingerprint density at radius 2 is 2.18 bits per heavy atom. The van der Waals surface area contributed by atoms with Crippen LogP contribution in [0.2, 0.25) is 0 Å². The van der Waals surface area contributed by atoms with Gasteiger partial charge in [-0.1, -0.05) is 32.9 Å². The largest absolute Gasteiger partial charge is 0.396 e. The molecule has 0 aliphatic carbocycles. The molecule has 146 valence electrons. The number of aromatic nitrogens is 3. The van der Waals surface area contributed by atoms with Gasteiger partial charge in [-0.25, -0.2) is 9.97 Å². The molecule has 3 aromatic rings. The minimum atomic E-state index is -0.480. The minimum absolute atomic E-state index is 0.0473. The van der Waals surface area contributed by atoms with Crippen LogP contribution in [0.1, 0.15) is 37.6 Å². The Kier molecular flexibility index (Phi) is 4.67. The Labute approximate surface area is 164 Å². The van der Waals surface area contributed by atoms with Crippen molar-refractivity contribution in [1.82, 2.24) is 15.0 Å². The van der Waals surface area contributed by atoms with Crippen molar-refractivity contribution in [2.24, 2.45) is 11.3 Å². The third-order valence-corrected chi connectivity index (χ3v) is 5.36. The molecule has 2 N–H and O–H groups in total. The molecule has 1 aliphatic rings. The number of aliphatic hydroxyl groups excluding tert-OH is 1. The number of aromatic amines is 1. The van der Waals surface area contributed by atoms with Crippen LogP contribution in [-0.4, -0.2) is 45.5 Å². The monoisotopic (exact) mass is 378 g/mol. The van der Waals surface area contributed by atoms with Crippen molar-refractivity contribution >= 4 is 22.6 Å². The normalized spacial score (nSPS) is 17.4. The molecule has 4 rings (SSSR count). The predicted molar refractivity (Wildman–Crippen MR) is 111 cm³/mol. The van der Waals surface area contributed by atoms with E-state index in [-0.39, 0.29) is 12.4 Å². The summed E-state index contributed by atoms with van der Waals surface area (Å²) < 4.78 is 0. The number of nitrogens with one attached hydrogen (secondary N) is 1. The molecule has 3 heterocycles. The topological polar surface area (TPSA) is 82.1 Å². The fraction of sp³-hybridized carbons (Fsp3) is 0.409. The zero-order valence-electron chi connectivity index (χ0n) is 16.6. The fourth-order valence-electron chi connectivity index (χ4n) is 3.69. The van der Waals surface area contributed by atoms with Gasteiger partial charge in [-0.05, 0) is 18.6 Å². The van der Waals surface area contributed by atoms with Crippen LogP contribution in [0.25, 0.3) is 22.4 Å². The van der Waals surface area contributed by atoms with Crippen molar-refractivity contribution in [3.8, 4) is 11.3 Å². The highest BCUT2D eigenvalue weighted by atomic mass is 16.3. The minimum Gasteiger partial charge on any atom is -0.396 e. The zero-order valence-corrected chi connectivity index (χ0v) is 16.6. The van der Waals surface area contributed by atoms with Gasteiger partial charge in [0.15, 0.2) is 11.4 Å². The van der Waals surface area contributed by atoms with E-state index in [9.17, 15) is 9.90 Å². The average molecular weight is 378 g/mol. The summed E-state index contributed by atoms with van der Waals surface area (Å²) in [7, 11) is 0. The van der Waals surface area contributed by atoms with E-state index in [1.807, 2.05) is 32.9 Å². The third-order valence-electron chi connectivity index (χ3n) is 5.36. The molecule has 1 fully saturated rings. The summed E-state index contributed by atoms with van der Waals surface area (Å²) in [6, 6.07) is 8.21. The molecule has 1 aromatic carbocycles. The van der Waals surface area contributed by atoms with Crippen molar-refractivity contribution in [2.75, 3.05) is 24.6 Å². The first kappa shape index (κ1) is 18.6. The van der Waals surface area contributed by atoms with Crippen LogP contribution in [0.15, 0.2) is 36.7 Å². The van der Waals surface area contributed by atoms with Crippen LogP contribution in [-0.2, 0) is 0 Å². The van der Waals surface area contributed by atoms with Crippen LogP contribution in [0.4, 0.5) is 5.69 Å². The molecule has 0 radical (unpaired) electrons. The van der Waals surface area contributed by atoms with Gasteiger partial charge in [-0.3, -0.25) is 4.79 Å². The highest BCUT2D eigenvalue weighted by Gasteiger charge is 2.26. The fourth-order valence-corrected chi connectivity index (χ4v) is 3.69. The molecule has 1 aliphatic heterocycles. The summed E-state index contributed by atoms with van der Waals surface area (Å²) in [6.45, 7) is 7.77. The second-order valence-corrected chi connectivity index (χ2v) is 8.57. The van der Waals surface area contributed by atoms with Crippen molar-refractivity contribution in [2.45, 2.75) is 27.2 Å². The molecule has 0 bridgehead atoms. The predicted octanol–water partition coefficient (Wildman–Crippen LogP) is 3.67. The van der Waals surface area contributed by atoms with Crippen molar-refractivity contribution in [3.63, 3.8) is 0 Å². The number of ketones is 1. The second kappa shape index (κ2) is 7.02. The summed E-state index contributed by atoms with van der Waals surface area (Å²) in [5.74, 6) is 0.386. The number of carbonyl (C=O) groups is 1. The number of fused-ring (bicyclic) bond motifs is 1. The summed E-state index contributed by atoms with van der Waals surface area (Å²) >= 11 is 0. The SMILES string of the molecule is CC(C)(C)C(=O)c1c[nH]c2ncc(-c3cccc(N4CCC(CO)C4)c3)nc12. The van der Waals surface area contributed by atoms with Gasteiger partial charge in [-0.2, -0.15) is 0 Å². The number of H-pyrrole nitrogens is 1. The van der Waals surface area contributed by atoms with E-state index < -0.39 is 5.41 Å². The van der Waals surface area contributed by atoms with Crippen LogP contribution in [0.5, 0.6) is 0 Å². The quantitative estimate of drug-likeness (QED) is 0.677. The van der Waals surface area contributed by atoms with Gasteiger partial charge in [0.25, 0.3) is 0 Å². The van der Waals surface area contributed by atoms with Gasteiger partial charge in [0.1, 0.15) is 5.52 Å². The van der Waals surface area contributed by atoms with E-state index in [0.717, 1.165) is 36.5 Å². The summed E-state index contributed by atoms with van der Waals surface area (Å²) in [5.41, 5.74) is 4.17. The molecule has 1 unspecified atom stereocenters. The number of hydrogen-bond acceptors (Lipinski definition) is 5. The molecule has 1 saturated heterocycles. The molecule has 1 atom stereocenters. The van der Waals surface area contributed by atoms with Crippen molar-refractivity contribution in [1.29, 1.82) is 0 Å². The molecule has 6 nitrogen and oxygen atoms in total. The molecular formula is C22H26N4O2. The number of hydrogen-bond donors (Lipinski definition) is 2. The molecule has 6 heteroatoms. The van der Waals surface area contributed by atoms with Crippen molar-refractivity contribution in [3.05, 3.63) is 42.2 Å². The number of nitrogens with zero attached hydrogens (tertiary/aromatic N) is 3. The van der Waals surface area contributed by atoms with Gasteiger partial charge in [0, 0.05) is 48.5 Å². The number of rotatable bonds is 4. The molecule has 0 amide bonds. The average Bonchev–Trinajstić information content (AvgIpc) is 3.33. The second-order valence-electron chi connectivity index (χ2n) is 8.57. The van der Waals surface area contributed by atoms with E-state index in [1.54, 1.807) is 12.4 Å². The van der Waals surface area contributed by atoms with Crippen molar-refractivity contribution < 1.29 is 9.90 Å². The van der Waals surface area contributed by atoms with E-state index in [4.69, 9.17) is 4.98 Å². The number of carbonyl (C=O) groups excluding carboxylic acids is 1.